The van der Waals surface area contributed by atoms with Gasteiger partial charge in [-0.3, -0.25) is 24.1 Å². The van der Waals surface area contributed by atoms with Crippen LogP contribution in [0.3, 0.4) is 0 Å². The summed E-state index contributed by atoms with van der Waals surface area (Å²) in [6.45, 7) is 0.492. The smallest absolute Gasteiger partial charge is 0.324 e. The minimum absolute atomic E-state index is 0. The maximum absolute atomic E-state index is 13.2. The number of imide groups is 1. The lowest BCUT2D eigenvalue weighted by Crippen LogP contribution is -2.62. The van der Waals surface area contributed by atoms with Crippen LogP contribution in [0.5, 0.6) is 0 Å². The first-order chi connectivity index (χ1) is 14.8. The lowest BCUT2D eigenvalue weighted by molar-refractivity contribution is -0.141. The van der Waals surface area contributed by atoms with E-state index in [0.717, 1.165) is 4.90 Å². The Morgan fingerprint density at radius 3 is 2.58 bits per heavy atom. The standard InChI is InChI=1S/C18H26N8O5.2H2O/c19-3-5-26-14(27)7-11(24-18(26)31)16(29)23-12(6-10-8-21-9-22-10)17(30)25-4-1-2-13(25)15(20)28;;/h8-9,11-13H,1-7,19H2,(H2,20,28)(H,21,22)(H,23,29)(H,24,31);2*1H2/t11-,12+,13+;;/m1../s1. The molecule has 15 nitrogen and oxygen atoms in total. The zero-order valence-corrected chi connectivity index (χ0v) is 17.9. The Labute approximate surface area is 188 Å². The first kappa shape index (κ1) is 27.5. The number of nitrogens with one attached hydrogen (secondary N) is 3. The minimum atomic E-state index is -1.13. The molecule has 0 unspecified atom stereocenters. The molecule has 3 atom stereocenters. The number of nitrogens with zero attached hydrogens (tertiary/aromatic N) is 3. The summed E-state index contributed by atoms with van der Waals surface area (Å²) in [5, 5.41) is 5.07. The Hall–Kier alpha value is -3.56. The van der Waals surface area contributed by atoms with Crippen molar-refractivity contribution in [1.82, 2.24) is 30.4 Å². The predicted molar refractivity (Wildman–Crippen MR) is 113 cm³/mol. The molecule has 2 aliphatic heterocycles. The number of amides is 6. The van der Waals surface area contributed by atoms with Crippen LogP contribution < -0.4 is 22.1 Å². The molecule has 1 aromatic heterocycles. The number of H-pyrrole nitrogens is 1. The van der Waals surface area contributed by atoms with E-state index < -0.39 is 47.8 Å². The molecule has 0 saturated carbocycles. The third-order valence-electron chi connectivity index (χ3n) is 5.35. The van der Waals surface area contributed by atoms with Crippen LogP contribution in [0.1, 0.15) is 25.0 Å². The molecule has 11 N–H and O–H groups in total. The van der Waals surface area contributed by atoms with Crippen LogP contribution in [0.15, 0.2) is 12.5 Å². The summed E-state index contributed by atoms with van der Waals surface area (Å²) in [6.07, 6.45) is 3.85. The van der Waals surface area contributed by atoms with Crippen molar-refractivity contribution in [1.29, 1.82) is 0 Å². The number of rotatable bonds is 8. The zero-order valence-electron chi connectivity index (χ0n) is 17.9. The topological polar surface area (TPSA) is 260 Å². The fourth-order valence-electron chi connectivity index (χ4n) is 3.80. The van der Waals surface area contributed by atoms with E-state index >= 15 is 0 Å². The number of carbonyl (C=O) groups excluding carboxylic acids is 5. The predicted octanol–water partition coefficient (Wildman–Crippen LogP) is -4.47. The molecular weight excluding hydrogens is 440 g/mol. The number of primary amides is 1. The number of aromatic nitrogens is 2. The van der Waals surface area contributed by atoms with Crippen LogP contribution in [0, 0.1) is 0 Å². The van der Waals surface area contributed by atoms with Crippen molar-refractivity contribution in [2.24, 2.45) is 11.5 Å². The van der Waals surface area contributed by atoms with E-state index in [1.807, 2.05) is 0 Å². The molecule has 0 spiro atoms. The van der Waals surface area contributed by atoms with Gasteiger partial charge < -0.3 is 42.9 Å². The number of urea groups is 1. The summed E-state index contributed by atoms with van der Waals surface area (Å²) in [6, 6.07) is -3.63. The van der Waals surface area contributed by atoms with Crippen LogP contribution in [-0.2, 0) is 25.6 Å². The molecule has 2 fully saturated rings. The minimum Gasteiger partial charge on any atom is -0.412 e. The maximum atomic E-state index is 13.2. The molecule has 0 radical (unpaired) electrons. The van der Waals surface area contributed by atoms with Crippen molar-refractivity contribution in [2.45, 2.75) is 43.8 Å². The molecular formula is C18H30N8O7. The second kappa shape index (κ2) is 11.9. The van der Waals surface area contributed by atoms with Gasteiger partial charge in [-0.05, 0) is 12.8 Å². The van der Waals surface area contributed by atoms with Gasteiger partial charge in [-0.1, -0.05) is 0 Å². The lowest BCUT2D eigenvalue weighted by Gasteiger charge is -2.32. The molecule has 15 heteroatoms. The van der Waals surface area contributed by atoms with E-state index in [0.29, 0.717) is 25.1 Å². The molecule has 3 rings (SSSR count). The van der Waals surface area contributed by atoms with Crippen LogP contribution in [0.2, 0.25) is 0 Å². The van der Waals surface area contributed by atoms with E-state index in [1.54, 1.807) is 0 Å². The summed E-state index contributed by atoms with van der Waals surface area (Å²) >= 11 is 0. The molecule has 0 bridgehead atoms. The average Bonchev–Trinajstić information content (AvgIpc) is 3.41. The molecule has 184 valence electrons. The normalized spacial score (nSPS) is 20.9. The average molecular weight is 470 g/mol. The molecule has 2 saturated heterocycles. The van der Waals surface area contributed by atoms with Gasteiger partial charge in [0.15, 0.2) is 0 Å². The van der Waals surface area contributed by atoms with Crippen LogP contribution in [0.25, 0.3) is 0 Å². The second-order valence-corrected chi connectivity index (χ2v) is 7.47. The lowest BCUT2D eigenvalue weighted by atomic mass is 10.1. The van der Waals surface area contributed by atoms with Gasteiger partial charge in [0.05, 0.1) is 12.7 Å². The van der Waals surface area contributed by atoms with Crippen LogP contribution in [0.4, 0.5) is 4.79 Å². The highest BCUT2D eigenvalue weighted by Gasteiger charge is 2.39. The molecule has 1 aromatic rings. The van der Waals surface area contributed by atoms with Gasteiger partial charge in [0.25, 0.3) is 0 Å². The van der Waals surface area contributed by atoms with Gasteiger partial charge in [0, 0.05) is 37.9 Å². The zero-order chi connectivity index (χ0) is 22.5. The third kappa shape index (κ3) is 6.24. The largest absolute Gasteiger partial charge is 0.412 e. The first-order valence-corrected chi connectivity index (χ1v) is 10.00. The Balaban J connectivity index is 0.00000272. The van der Waals surface area contributed by atoms with Crippen molar-refractivity contribution in [2.75, 3.05) is 19.6 Å². The highest BCUT2D eigenvalue weighted by atomic mass is 16.2. The Kier molecular flexibility index (Phi) is 9.90. The van der Waals surface area contributed by atoms with Gasteiger partial charge in [-0.15, -0.1) is 0 Å². The van der Waals surface area contributed by atoms with Gasteiger partial charge in [-0.25, -0.2) is 9.78 Å². The van der Waals surface area contributed by atoms with Crippen LogP contribution in [-0.4, -0.2) is 98.1 Å². The second-order valence-electron chi connectivity index (χ2n) is 7.47. The quantitative estimate of drug-likeness (QED) is 0.248. The van der Waals surface area contributed by atoms with E-state index in [2.05, 4.69) is 20.6 Å². The number of carbonyl (C=O) groups is 5. The SMILES string of the molecule is NCCN1C(=O)C[C@H](C(=O)N[C@@H](Cc2cnc[nH]2)C(=O)N2CCC[C@H]2C(N)=O)NC1=O.O.O. The number of likely N-dealkylation sites (tertiary alicyclic amines) is 1. The molecule has 0 aromatic carbocycles. The summed E-state index contributed by atoms with van der Waals surface area (Å²) in [7, 11) is 0. The van der Waals surface area contributed by atoms with Crippen molar-refractivity contribution in [3.05, 3.63) is 18.2 Å². The summed E-state index contributed by atoms with van der Waals surface area (Å²) in [4.78, 5) is 71.1. The first-order valence-electron chi connectivity index (χ1n) is 10.00. The van der Waals surface area contributed by atoms with Gasteiger partial charge >= 0.3 is 6.03 Å². The van der Waals surface area contributed by atoms with Crippen LogP contribution >= 0.6 is 0 Å². The van der Waals surface area contributed by atoms with Crippen molar-refractivity contribution < 1.29 is 34.9 Å². The number of nitrogens with two attached hydrogens (primary N) is 2. The molecule has 0 aliphatic carbocycles. The summed E-state index contributed by atoms with van der Waals surface area (Å²) in [5.41, 5.74) is 11.4. The fourth-order valence-corrected chi connectivity index (χ4v) is 3.80. The van der Waals surface area contributed by atoms with E-state index in [9.17, 15) is 24.0 Å². The molecule has 33 heavy (non-hydrogen) atoms. The van der Waals surface area contributed by atoms with Crippen molar-refractivity contribution in [3.8, 4) is 0 Å². The number of hydrogen-bond donors (Lipinski definition) is 5. The number of aromatic amines is 1. The van der Waals surface area contributed by atoms with Gasteiger partial charge in [0.2, 0.25) is 23.6 Å². The molecule has 3 heterocycles. The van der Waals surface area contributed by atoms with E-state index in [-0.39, 0.29) is 36.9 Å². The Morgan fingerprint density at radius 1 is 1.27 bits per heavy atom. The maximum Gasteiger partial charge on any atom is 0.324 e. The number of hydrogen-bond acceptors (Lipinski definition) is 7. The molecule has 6 amide bonds. The Bertz CT molecular complexity index is 844. The monoisotopic (exact) mass is 470 g/mol. The highest BCUT2D eigenvalue weighted by Crippen LogP contribution is 2.19. The highest BCUT2D eigenvalue weighted by molar-refractivity contribution is 6.03. The summed E-state index contributed by atoms with van der Waals surface area (Å²) in [5.74, 6) is -2.29. The van der Waals surface area contributed by atoms with Crippen molar-refractivity contribution in [3.63, 3.8) is 0 Å². The van der Waals surface area contributed by atoms with E-state index in [4.69, 9.17) is 11.5 Å². The third-order valence-corrected chi connectivity index (χ3v) is 5.35. The summed E-state index contributed by atoms with van der Waals surface area (Å²) < 4.78 is 0. The van der Waals surface area contributed by atoms with Gasteiger partial charge in [0.1, 0.15) is 18.1 Å². The van der Waals surface area contributed by atoms with Gasteiger partial charge in [-0.2, -0.15) is 0 Å². The number of imidazole rings is 1. The van der Waals surface area contributed by atoms with E-state index in [1.165, 1.54) is 17.4 Å². The fraction of sp³-hybridized carbons (Fsp3) is 0.556. The van der Waals surface area contributed by atoms with Crippen molar-refractivity contribution >= 4 is 29.7 Å². The molecule has 2 aliphatic rings. The Morgan fingerprint density at radius 2 is 2.00 bits per heavy atom.